The van der Waals surface area contributed by atoms with Crippen molar-refractivity contribution in [2.24, 2.45) is 17.8 Å². The maximum absolute atomic E-state index is 14.4. The second-order valence-corrected chi connectivity index (χ2v) is 18.7. The summed E-state index contributed by atoms with van der Waals surface area (Å²) in [5, 5.41) is 37.5. The summed E-state index contributed by atoms with van der Waals surface area (Å²) >= 11 is 1.44. The number of esters is 1. The largest absolute Gasteiger partial charge is 0.493 e. The zero-order valence-electron chi connectivity index (χ0n) is 33.7. The number of carboxylic acids is 1. The van der Waals surface area contributed by atoms with Crippen molar-refractivity contribution in [1.82, 2.24) is 5.09 Å². The van der Waals surface area contributed by atoms with E-state index in [1.807, 2.05) is 17.5 Å². The molecule has 3 fully saturated rings. The van der Waals surface area contributed by atoms with Gasteiger partial charge in [-0.25, -0.2) is 5.09 Å². The molecule has 5 heterocycles. The fourth-order valence-corrected chi connectivity index (χ4v) is 11.0. The number of hydrogen-bond donors (Lipinski definition) is 4. The van der Waals surface area contributed by atoms with E-state index < -0.39 is 74.2 Å². The number of nitrogens with one attached hydrogen (secondary N) is 1. The first-order chi connectivity index (χ1) is 28.7. The summed E-state index contributed by atoms with van der Waals surface area (Å²) in [5.41, 5.74) is 0.616. The summed E-state index contributed by atoms with van der Waals surface area (Å²) < 4.78 is 79.8. The molecule has 0 bridgehead atoms. The number of cyclic esters (lactones) is 1. The summed E-state index contributed by atoms with van der Waals surface area (Å²) in [6.45, 7) is 4.81. The summed E-state index contributed by atoms with van der Waals surface area (Å²) in [6, 6.07) is 6.95. The van der Waals surface area contributed by atoms with E-state index in [1.165, 1.54) is 39.6 Å². The number of fused-ring (bicyclic) bond motifs is 4. The van der Waals surface area contributed by atoms with Crippen molar-refractivity contribution in [1.29, 1.82) is 0 Å². The Kier molecular flexibility index (Phi) is 11.8. The summed E-state index contributed by atoms with van der Waals surface area (Å²) in [6.07, 6.45) is -6.71. The Morgan fingerprint density at radius 3 is 2.38 bits per heavy atom. The number of benzene rings is 2. The van der Waals surface area contributed by atoms with Crippen molar-refractivity contribution in [3.05, 3.63) is 45.6 Å². The number of ether oxygens (including phenoxy) is 10. The molecule has 18 nitrogen and oxygen atoms in total. The van der Waals surface area contributed by atoms with Gasteiger partial charge in [-0.05, 0) is 60.4 Å². The summed E-state index contributed by atoms with van der Waals surface area (Å²) in [7, 11) is -0.0670. The van der Waals surface area contributed by atoms with Crippen LogP contribution >= 0.6 is 18.9 Å². The second-order valence-electron chi connectivity index (χ2n) is 15.7. The first-order valence-electron chi connectivity index (χ1n) is 19.4. The highest BCUT2D eigenvalue weighted by Crippen LogP contribution is 2.59. The standard InChI is InChI=1S/C40H48NO17PS/c1-18(2)40(3,39(45)46)41-59(47,17-48-4)58-32-24(49-5)11-19(12-25(32)50-6)28-22-13-21-20(14-51-36(21)44)10-23(22)31(35-34(28)53-16-54-35)56-38-30(43)29(42)33-26(55-38)15-52-37(57-33)27-8-7-9-60-27/h7-9,11-12,18,20-21,26,29-30,33,37-38,42-43H,10,13-17H2,1-6H3,(H,41,47)(H,45,46)/t20-,21+,26+,29+,30+,33+,37?,38-,40?,59?/m0/s1. The van der Waals surface area contributed by atoms with Crippen LogP contribution in [0.1, 0.15) is 43.1 Å². The zero-order valence-corrected chi connectivity index (χ0v) is 35.4. The van der Waals surface area contributed by atoms with E-state index in [9.17, 15) is 29.5 Å². The number of carboxylic acid groups (broad SMARTS) is 1. The van der Waals surface area contributed by atoms with Crippen molar-refractivity contribution >= 4 is 30.8 Å². The van der Waals surface area contributed by atoms with E-state index in [2.05, 4.69) is 5.09 Å². The van der Waals surface area contributed by atoms with Crippen LogP contribution in [-0.4, -0.2) is 111 Å². The number of aliphatic hydroxyl groups is 2. The molecule has 1 aliphatic carbocycles. The quantitative estimate of drug-likeness (QED) is 0.131. The van der Waals surface area contributed by atoms with Crippen molar-refractivity contribution in [3.8, 4) is 45.6 Å². The monoisotopic (exact) mass is 877 g/mol. The molecule has 4 N–H and O–H groups in total. The van der Waals surface area contributed by atoms with Gasteiger partial charge in [-0.2, -0.15) is 0 Å². The number of carbonyl (C=O) groups excluding carboxylic acids is 1. The van der Waals surface area contributed by atoms with Gasteiger partial charge in [0.05, 0.1) is 38.2 Å². The third-order valence-electron chi connectivity index (χ3n) is 11.8. The summed E-state index contributed by atoms with van der Waals surface area (Å²) in [5.74, 6) is -2.08. The van der Waals surface area contributed by atoms with Gasteiger partial charge < -0.3 is 67.2 Å². The number of rotatable bonds is 14. The molecule has 326 valence electrons. The third-order valence-corrected chi connectivity index (χ3v) is 14.6. The van der Waals surface area contributed by atoms with Crippen LogP contribution in [0.15, 0.2) is 29.6 Å². The van der Waals surface area contributed by atoms with E-state index in [-0.39, 0.29) is 72.8 Å². The average molecular weight is 878 g/mol. The smallest absolute Gasteiger partial charge is 0.343 e. The van der Waals surface area contributed by atoms with Gasteiger partial charge >= 0.3 is 19.5 Å². The van der Waals surface area contributed by atoms with Gasteiger partial charge in [0, 0.05) is 24.2 Å². The lowest BCUT2D eigenvalue weighted by molar-refractivity contribution is -0.349. The number of aliphatic hydroxyl groups excluding tert-OH is 2. The fraction of sp³-hybridized carbons (Fsp3) is 0.550. The minimum atomic E-state index is -4.14. The number of hydrogen-bond acceptors (Lipinski definition) is 17. The number of aliphatic carboxylic acids is 1. The van der Waals surface area contributed by atoms with Gasteiger partial charge in [-0.1, -0.05) is 19.9 Å². The summed E-state index contributed by atoms with van der Waals surface area (Å²) in [4.78, 5) is 26.3. The molecule has 8 rings (SSSR count). The molecular weight excluding hydrogens is 829 g/mol. The number of methoxy groups -OCH3 is 3. The second kappa shape index (κ2) is 16.6. The van der Waals surface area contributed by atoms with Gasteiger partial charge in [-0.3, -0.25) is 14.2 Å². The third kappa shape index (κ3) is 7.47. The van der Waals surface area contributed by atoms with Crippen molar-refractivity contribution in [2.45, 2.75) is 76.1 Å². The van der Waals surface area contributed by atoms with E-state index in [1.54, 1.807) is 26.0 Å². The lowest BCUT2D eigenvalue weighted by Gasteiger charge is -2.46. The van der Waals surface area contributed by atoms with Gasteiger partial charge in [0.15, 0.2) is 29.3 Å². The lowest BCUT2D eigenvalue weighted by Crippen LogP contribution is -2.62. The minimum Gasteiger partial charge on any atom is -0.493 e. The van der Waals surface area contributed by atoms with E-state index >= 15 is 0 Å². The molecule has 10 atom stereocenters. The Labute approximate surface area is 349 Å². The molecule has 3 aromatic rings. The predicted molar refractivity (Wildman–Crippen MR) is 210 cm³/mol. The van der Waals surface area contributed by atoms with Crippen LogP contribution in [0.25, 0.3) is 11.1 Å². The predicted octanol–water partition coefficient (Wildman–Crippen LogP) is 4.25. The molecule has 20 heteroatoms. The molecule has 3 saturated heterocycles. The maximum atomic E-state index is 14.4. The highest BCUT2D eigenvalue weighted by Gasteiger charge is 2.52. The first kappa shape index (κ1) is 42.5. The highest BCUT2D eigenvalue weighted by atomic mass is 32.1. The van der Waals surface area contributed by atoms with Crippen LogP contribution in [-0.2, 0) is 50.7 Å². The Morgan fingerprint density at radius 2 is 1.73 bits per heavy atom. The molecular formula is C40H48NO17PS. The van der Waals surface area contributed by atoms with E-state index in [0.717, 1.165) is 4.88 Å². The van der Waals surface area contributed by atoms with Crippen molar-refractivity contribution in [2.75, 3.05) is 47.7 Å². The molecule has 60 heavy (non-hydrogen) atoms. The molecule has 0 spiro atoms. The number of thiophene rings is 1. The molecule has 0 radical (unpaired) electrons. The van der Waals surface area contributed by atoms with Gasteiger partial charge in [0.2, 0.25) is 24.6 Å². The Bertz CT molecular complexity index is 2140. The van der Waals surface area contributed by atoms with Gasteiger partial charge in [0.25, 0.3) is 0 Å². The van der Waals surface area contributed by atoms with Gasteiger partial charge in [0.1, 0.15) is 36.3 Å². The maximum Gasteiger partial charge on any atom is 0.343 e. The fourth-order valence-electron chi connectivity index (χ4n) is 8.26. The van der Waals surface area contributed by atoms with Crippen LogP contribution < -0.4 is 33.3 Å². The van der Waals surface area contributed by atoms with E-state index in [4.69, 9.17) is 51.9 Å². The van der Waals surface area contributed by atoms with Crippen LogP contribution in [0.3, 0.4) is 0 Å². The van der Waals surface area contributed by atoms with Crippen LogP contribution in [0.2, 0.25) is 0 Å². The van der Waals surface area contributed by atoms with E-state index in [0.29, 0.717) is 28.7 Å². The molecule has 2 aromatic carbocycles. The normalized spacial score (nSPS) is 28.7. The lowest BCUT2D eigenvalue weighted by atomic mass is 9.74. The van der Waals surface area contributed by atoms with Crippen molar-refractivity contribution < 1.29 is 81.4 Å². The van der Waals surface area contributed by atoms with Gasteiger partial charge in [-0.15, -0.1) is 11.3 Å². The Morgan fingerprint density at radius 1 is 1.00 bits per heavy atom. The Balaban J connectivity index is 1.18. The first-order valence-corrected chi connectivity index (χ1v) is 22.1. The Hall–Kier alpha value is -4.17. The van der Waals surface area contributed by atoms with Crippen LogP contribution in [0.5, 0.6) is 34.5 Å². The average Bonchev–Trinajstić information content (AvgIpc) is 4.02. The topological polar surface area (TPSA) is 225 Å². The van der Waals surface area contributed by atoms with Crippen LogP contribution in [0.4, 0.5) is 0 Å². The zero-order chi connectivity index (χ0) is 42.7. The minimum absolute atomic E-state index is 0.0613. The molecule has 0 amide bonds. The molecule has 1 aromatic heterocycles. The molecule has 3 unspecified atom stereocenters. The van der Waals surface area contributed by atoms with Crippen LogP contribution in [0, 0.1) is 17.8 Å². The highest BCUT2D eigenvalue weighted by molar-refractivity contribution is 7.57. The molecule has 0 saturated carbocycles. The SMILES string of the molecule is COCP(=O)(NC(C)(C(=O)O)C(C)C)Oc1c(OC)cc(-c2c3c(c(O[C@@H]4O[C@@H]5COC(c6cccs6)O[C@H]5[C@H](O)[C@H]4O)c4c2OCO4)C[C@H]2COC(=O)[C@@H]2C3)cc1OC. The van der Waals surface area contributed by atoms with Crippen molar-refractivity contribution in [3.63, 3.8) is 0 Å². The number of carbonyl (C=O) groups is 2. The molecule has 5 aliphatic rings. The molecule has 4 aliphatic heterocycles.